The topological polar surface area (TPSA) is 29.9 Å². The van der Waals surface area contributed by atoms with Gasteiger partial charge in [0.2, 0.25) is 0 Å². The van der Waals surface area contributed by atoms with Crippen LogP contribution in [0.2, 0.25) is 0 Å². The van der Waals surface area contributed by atoms with Crippen LogP contribution in [0.5, 0.6) is 0 Å². The van der Waals surface area contributed by atoms with E-state index in [-0.39, 0.29) is 0 Å². The predicted octanol–water partition coefficient (Wildman–Crippen LogP) is 1.01. The number of aromatic nitrogens is 2. The van der Waals surface area contributed by atoms with Crippen molar-refractivity contribution >= 4 is 0 Å². The summed E-state index contributed by atoms with van der Waals surface area (Å²) in [4.78, 5) is 0. The lowest BCUT2D eigenvalue weighted by molar-refractivity contribution is 0.644. The van der Waals surface area contributed by atoms with Crippen molar-refractivity contribution < 1.29 is 0 Å². The summed E-state index contributed by atoms with van der Waals surface area (Å²) < 4.78 is 1.89. The summed E-state index contributed by atoms with van der Waals surface area (Å²) in [6.45, 7) is 4.21. The molecule has 1 heterocycles. The zero-order valence-electron chi connectivity index (χ0n) is 7.55. The molecule has 1 unspecified atom stereocenters. The third-order valence-corrected chi connectivity index (χ3v) is 2.17. The molecule has 0 fully saturated rings. The second-order valence-corrected chi connectivity index (χ2v) is 2.82. The average molecular weight is 153 g/mol. The number of nitrogens with one attached hydrogen (secondary N) is 1. The van der Waals surface area contributed by atoms with E-state index in [1.165, 1.54) is 11.3 Å². The molecule has 1 aromatic rings. The molecular weight excluding hydrogens is 138 g/mol. The maximum absolute atomic E-state index is 4.16. The molecule has 11 heavy (non-hydrogen) atoms. The van der Waals surface area contributed by atoms with Gasteiger partial charge in [-0.3, -0.25) is 4.68 Å². The Hall–Kier alpha value is -0.830. The average Bonchev–Trinajstić information content (AvgIpc) is 2.32. The first-order valence-corrected chi connectivity index (χ1v) is 3.82. The highest BCUT2D eigenvalue weighted by atomic mass is 15.3. The van der Waals surface area contributed by atoms with Crippen molar-refractivity contribution in [1.82, 2.24) is 15.1 Å². The van der Waals surface area contributed by atoms with Crippen LogP contribution in [0.15, 0.2) is 6.20 Å². The molecule has 0 aliphatic rings. The van der Waals surface area contributed by atoms with Crippen molar-refractivity contribution in [2.75, 3.05) is 7.05 Å². The minimum Gasteiger partial charge on any atom is -0.313 e. The van der Waals surface area contributed by atoms with Crippen LogP contribution in [0.25, 0.3) is 0 Å². The van der Waals surface area contributed by atoms with E-state index in [9.17, 15) is 0 Å². The Bertz CT molecular complexity index is 239. The van der Waals surface area contributed by atoms with Gasteiger partial charge in [-0.2, -0.15) is 5.10 Å². The van der Waals surface area contributed by atoms with Crippen molar-refractivity contribution in [3.8, 4) is 0 Å². The molecule has 3 heteroatoms. The van der Waals surface area contributed by atoms with Gasteiger partial charge in [-0.1, -0.05) is 0 Å². The lowest BCUT2D eigenvalue weighted by Gasteiger charge is -2.08. The van der Waals surface area contributed by atoms with E-state index in [4.69, 9.17) is 0 Å². The summed E-state index contributed by atoms with van der Waals surface area (Å²) in [5.74, 6) is 0. The van der Waals surface area contributed by atoms with E-state index >= 15 is 0 Å². The van der Waals surface area contributed by atoms with Crippen LogP contribution in [0, 0.1) is 6.92 Å². The minimum atomic E-state index is 0.392. The maximum Gasteiger partial charge on any atom is 0.0540 e. The van der Waals surface area contributed by atoms with Crippen LogP contribution in [-0.4, -0.2) is 16.8 Å². The molecule has 3 nitrogen and oxygen atoms in total. The summed E-state index contributed by atoms with van der Waals surface area (Å²) >= 11 is 0. The summed E-state index contributed by atoms with van der Waals surface area (Å²) in [5.41, 5.74) is 2.50. The molecule has 1 N–H and O–H groups in total. The lowest BCUT2D eigenvalue weighted by Crippen LogP contribution is -2.12. The van der Waals surface area contributed by atoms with Crippen molar-refractivity contribution in [3.05, 3.63) is 17.5 Å². The molecule has 62 valence electrons. The van der Waals surface area contributed by atoms with Crippen LogP contribution in [0.3, 0.4) is 0 Å². The molecule has 0 aliphatic heterocycles. The highest BCUT2D eigenvalue weighted by Crippen LogP contribution is 2.14. The number of aryl methyl sites for hydroxylation is 1. The van der Waals surface area contributed by atoms with Crippen molar-refractivity contribution in [3.63, 3.8) is 0 Å². The van der Waals surface area contributed by atoms with Gasteiger partial charge < -0.3 is 5.32 Å². The van der Waals surface area contributed by atoms with Gasteiger partial charge in [0.15, 0.2) is 0 Å². The monoisotopic (exact) mass is 153 g/mol. The highest BCUT2D eigenvalue weighted by molar-refractivity contribution is 5.19. The van der Waals surface area contributed by atoms with E-state index in [0.29, 0.717) is 6.04 Å². The van der Waals surface area contributed by atoms with Gasteiger partial charge in [-0.25, -0.2) is 0 Å². The predicted molar refractivity (Wildman–Crippen MR) is 45.4 cm³/mol. The largest absolute Gasteiger partial charge is 0.313 e. The van der Waals surface area contributed by atoms with Crippen LogP contribution in [0.4, 0.5) is 0 Å². The molecule has 1 atom stereocenters. The molecule has 0 aliphatic carbocycles. The summed E-state index contributed by atoms with van der Waals surface area (Å²) in [7, 11) is 3.92. The van der Waals surface area contributed by atoms with Gasteiger partial charge in [0.1, 0.15) is 0 Å². The molecule has 0 aromatic carbocycles. The molecule has 0 amide bonds. The standard InChI is InChI=1S/C8H15N3/c1-6(9-3)8-5-10-11(4)7(8)2/h5-6,9H,1-4H3. The van der Waals surface area contributed by atoms with Crippen molar-refractivity contribution in [2.24, 2.45) is 7.05 Å². The number of hydrogen-bond acceptors (Lipinski definition) is 2. The van der Waals surface area contributed by atoms with Crippen LogP contribution >= 0.6 is 0 Å². The van der Waals surface area contributed by atoms with E-state index in [2.05, 4.69) is 24.3 Å². The van der Waals surface area contributed by atoms with E-state index in [0.717, 1.165) is 0 Å². The summed E-state index contributed by atoms with van der Waals surface area (Å²) in [6.07, 6.45) is 1.91. The van der Waals surface area contributed by atoms with Crippen LogP contribution < -0.4 is 5.32 Å². The van der Waals surface area contributed by atoms with E-state index < -0.39 is 0 Å². The fourth-order valence-electron chi connectivity index (χ4n) is 1.10. The maximum atomic E-state index is 4.16. The third kappa shape index (κ3) is 1.43. The molecule has 0 spiro atoms. The number of rotatable bonds is 2. The minimum absolute atomic E-state index is 0.392. The first kappa shape index (κ1) is 8.27. The summed E-state index contributed by atoms with van der Waals surface area (Å²) in [6, 6.07) is 0.392. The third-order valence-electron chi connectivity index (χ3n) is 2.17. The molecule has 0 bridgehead atoms. The van der Waals surface area contributed by atoms with Crippen molar-refractivity contribution in [2.45, 2.75) is 19.9 Å². The fraction of sp³-hybridized carbons (Fsp3) is 0.625. The second kappa shape index (κ2) is 3.05. The summed E-state index contributed by atoms with van der Waals surface area (Å²) in [5, 5.41) is 7.34. The van der Waals surface area contributed by atoms with Gasteiger partial charge in [-0.05, 0) is 20.9 Å². The highest BCUT2D eigenvalue weighted by Gasteiger charge is 2.08. The zero-order chi connectivity index (χ0) is 8.43. The van der Waals surface area contributed by atoms with Crippen molar-refractivity contribution in [1.29, 1.82) is 0 Å². The molecule has 1 aromatic heterocycles. The first-order chi connectivity index (χ1) is 5.16. The Morgan fingerprint density at radius 1 is 1.64 bits per heavy atom. The van der Waals surface area contributed by atoms with E-state index in [1.807, 2.05) is 25.0 Å². The molecule has 0 radical (unpaired) electrons. The van der Waals surface area contributed by atoms with E-state index in [1.54, 1.807) is 0 Å². The van der Waals surface area contributed by atoms with Gasteiger partial charge >= 0.3 is 0 Å². The Labute approximate surface area is 67.4 Å². The fourth-order valence-corrected chi connectivity index (χ4v) is 1.10. The Morgan fingerprint density at radius 2 is 2.27 bits per heavy atom. The Balaban J connectivity index is 2.94. The number of nitrogens with zero attached hydrogens (tertiary/aromatic N) is 2. The molecular formula is C8H15N3. The van der Waals surface area contributed by atoms with Gasteiger partial charge in [0.25, 0.3) is 0 Å². The molecule has 1 rings (SSSR count). The SMILES string of the molecule is CNC(C)c1cnn(C)c1C. The van der Waals surface area contributed by atoms with Gasteiger partial charge in [0, 0.05) is 24.3 Å². The van der Waals surface area contributed by atoms with Crippen LogP contribution in [0.1, 0.15) is 24.2 Å². The second-order valence-electron chi connectivity index (χ2n) is 2.82. The number of hydrogen-bond donors (Lipinski definition) is 1. The molecule has 0 saturated heterocycles. The molecule has 0 saturated carbocycles. The Morgan fingerprint density at radius 3 is 2.64 bits per heavy atom. The van der Waals surface area contributed by atoms with Gasteiger partial charge in [0.05, 0.1) is 6.20 Å². The zero-order valence-corrected chi connectivity index (χ0v) is 7.55. The lowest BCUT2D eigenvalue weighted by atomic mass is 10.1. The normalized spacial score (nSPS) is 13.5. The first-order valence-electron chi connectivity index (χ1n) is 3.82. The smallest absolute Gasteiger partial charge is 0.0540 e. The quantitative estimate of drug-likeness (QED) is 0.687. The van der Waals surface area contributed by atoms with Crippen LogP contribution in [-0.2, 0) is 7.05 Å². The van der Waals surface area contributed by atoms with Gasteiger partial charge in [-0.15, -0.1) is 0 Å². The Kier molecular flexibility index (Phi) is 2.29.